The lowest BCUT2D eigenvalue weighted by Gasteiger charge is -2.09. The molecule has 0 radical (unpaired) electrons. The highest BCUT2D eigenvalue weighted by atomic mass is 35.5. The SMILES string of the molecule is Cc1cc(Cl)c(-n2nnc(C(C)N)c2C)cc1Cl. The van der Waals surface area contributed by atoms with Gasteiger partial charge in [0.05, 0.1) is 16.4 Å². The molecule has 2 N–H and O–H groups in total. The topological polar surface area (TPSA) is 56.7 Å². The molecule has 6 heteroatoms. The van der Waals surface area contributed by atoms with Crippen molar-refractivity contribution < 1.29 is 0 Å². The molecule has 0 aliphatic carbocycles. The zero-order valence-corrected chi connectivity index (χ0v) is 11.9. The van der Waals surface area contributed by atoms with Crippen LogP contribution in [-0.2, 0) is 0 Å². The number of aromatic nitrogens is 3. The predicted octanol–water partition coefficient (Wildman–Crippen LogP) is 3.21. The molecule has 0 aliphatic rings. The number of nitrogens with two attached hydrogens (primary N) is 1. The van der Waals surface area contributed by atoms with Crippen LogP contribution in [0.5, 0.6) is 0 Å². The summed E-state index contributed by atoms with van der Waals surface area (Å²) in [5, 5.41) is 9.38. The zero-order valence-electron chi connectivity index (χ0n) is 10.4. The Kier molecular flexibility index (Phi) is 3.61. The van der Waals surface area contributed by atoms with E-state index in [4.69, 9.17) is 28.9 Å². The number of nitrogens with zero attached hydrogens (tertiary/aromatic N) is 3. The van der Waals surface area contributed by atoms with Crippen molar-refractivity contribution in [3.8, 4) is 5.69 Å². The van der Waals surface area contributed by atoms with Crippen LogP contribution >= 0.6 is 23.2 Å². The van der Waals surface area contributed by atoms with Gasteiger partial charge >= 0.3 is 0 Å². The van der Waals surface area contributed by atoms with Gasteiger partial charge in [0.2, 0.25) is 0 Å². The lowest BCUT2D eigenvalue weighted by molar-refractivity contribution is 0.756. The molecule has 0 fully saturated rings. The summed E-state index contributed by atoms with van der Waals surface area (Å²) in [6.45, 7) is 5.67. The summed E-state index contributed by atoms with van der Waals surface area (Å²) in [4.78, 5) is 0. The van der Waals surface area contributed by atoms with E-state index >= 15 is 0 Å². The molecule has 2 aromatic rings. The predicted molar refractivity (Wildman–Crippen MR) is 73.5 cm³/mol. The van der Waals surface area contributed by atoms with Crippen LogP contribution in [0.3, 0.4) is 0 Å². The van der Waals surface area contributed by atoms with E-state index in [1.807, 2.05) is 26.8 Å². The van der Waals surface area contributed by atoms with Gasteiger partial charge in [0.1, 0.15) is 5.69 Å². The Labute approximate surface area is 116 Å². The highest BCUT2D eigenvalue weighted by Crippen LogP contribution is 2.28. The molecule has 18 heavy (non-hydrogen) atoms. The van der Waals surface area contributed by atoms with E-state index in [2.05, 4.69) is 10.3 Å². The van der Waals surface area contributed by atoms with Crippen molar-refractivity contribution in [3.05, 3.63) is 39.1 Å². The van der Waals surface area contributed by atoms with Crippen LogP contribution in [0.15, 0.2) is 12.1 Å². The van der Waals surface area contributed by atoms with Crippen LogP contribution in [0.2, 0.25) is 10.0 Å². The van der Waals surface area contributed by atoms with Crippen LogP contribution in [0.1, 0.15) is 29.9 Å². The van der Waals surface area contributed by atoms with Crippen molar-refractivity contribution in [3.63, 3.8) is 0 Å². The van der Waals surface area contributed by atoms with Gasteiger partial charge in [0.15, 0.2) is 0 Å². The smallest absolute Gasteiger partial charge is 0.102 e. The van der Waals surface area contributed by atoms with E-state index in [1.54, 1.807) is 10.7 Å². The summed E-state index contributed by atoms with van der Waals surface area (Å²) in [6, 6.07) is 3.43. The Hall–Kier alpha value is -1.10. The minimum atomic E-state index is -0.168. The first kappa shape index (κ1) is 13.3. The summed E-state index contributed by atoms with van der Waals surface area (Å²) < 4.78 is 1.66. The zero-order chi connectivity index (χ0) is 13.4. The summed E-state index contributed by atoms with van der Waals surface area (Å²) >= 11 is 12.3. The number of aryl methyl sites for hydroxylation is 1. The summed E-state index contributed by atoms with van der Waals surface area (Å²) in [7, 11) is 0. The third kappa shape index (κ3) is 2.23. The third-order valence-corrected chi connectivity index (χ3v) is 3.53. The first-order chi connectivity index (χ1) is 8.41. The quantitative estimate of drug-likeness (QED) is 0.921. The maximum Gasteiger partial charge on any atom is 0.102 e. The molecule has 1 unspecified atom stereocenters. The second-order valence-electron chi connectivity index (χ2n) is 4.31. The van der Waals surface area contributed by atoms with Crippen molar-refractivity contribution >= 4 is 23.2 Å². The molecule has 0 spiro atoms. The third-order valence-electron chi connectivity index (χ3n) is 2.82. The number of halogens is 2. The van der Waals surface area contributed by atoms with E-state index in [0.29, 0.717) is 15.7 Å². The van der Waals surface area contributed by atoms with Gasteiger partial charge < -0.3 is 5.73 Å². The fraction of sp³-hybridized carbons (Fsp3) is 0.333. The van der Waals surface area contributed by atoms with Gasteiger partial charge in [-0.15, -0.1) is 5.10 Å². The normalized spacial score (nSPS) is 12.8. The van der Waals surface area contributed by atoms with Crippen LogP contribution in [0.25, 0.3) is 5.69 Å². The molecule has 0 aliphatic heterocycles. The Morgan fingerprint density at radius 3 is 2.44 bits per heavy atom. The maximum atomic E-state index is 6.22. The number of hydrogen-bond acceptors (Lipinski definition) is 3. The molecule has 0 saturated carbocycles. The molecule has 1 atom stereocenters. The largest absolute Gasteiger partial charge is 0.323 e. The van der Waals surface area contributed by atoms with Crippen molar-refractivity contribution in [2.45, 2.75) is 26.8 Å². The van der Waals surface area contributed by atoms with Crippen LogP contribution in [0, 0.1) is 13.8 Å². The Morgan fingerprint density at radius 2 is 1.89 bits per heavy atom. The lowest BCUT2D eigenvalue weighted by atomic mass is 10.2. The molecule has 96 valence electrons. The summed E-state index contributed by atoms with van der Waals surface area (Å²) in [5.74, 6) is 0. The molecule has 2 rings (SSSR count). The van der Waals surface area contributed by atoms with Crippen LogP contribution in [0.4, 0.5) is 0 Å². The van der Waals surface area contributed by atoms with Gasteiger partial charge in [-0.2, -0.15) is 0 Å². The average Bonchev–Trinajstić information content (AvgIpc) is 2.66. The van der Waals surface area contributed by atoms with Crippen molar-refractivity contribution in [2.24, 2.45) is 5.73 Å². The fourth-order valence-corrected chi connectivity index (χ4v) is 2.24. The lowest BCUT2D eigenvalue weighted by Crippen LogP contribution is -2.08. The van der Waals surface area contributed by atoms with E-state index in [9.17, 15) is 0 Å². The summed E-state index contributed by atoms with van der Waals surface area (Å²) in [6.07, 6.45) is 0. The molecule has 1 aromatic carbocycles. The van der Waals surface area contributed by atoms with Crippen LogP contribution < -0.4 is 5.73 Å². The summed E-state index contributed by atoms with van der Waals surface area (Å²) in [5.41, 5.74) is 9.08. The molecule has 4 nitrogen and oxygen atoms in total. The number of hydrogen-bond donors (Lipinski definition) is 1. The standard InChI is InChI=1S/C12H14Cl2N4/c1-6-4-10(14)11(5-9(6)13)18-8(3)12(7(2)15)16-17-18/h4-5,7H,15H2,1-3H3. The highest BCUT2D eigenvalue weighted by Gasteiger charge is 2.16. The van der Waals surface area contributed by atoms with E-state index in [1.165, 1.54) is 0 Å². The maximum absolute atomic E-state index is 6.22. The Balaban J connectivity index is 2.59. The van der Waals surface area contributed by atoms with Crippen molar-refractivity contribution in [1.29, 1.82) is 0 Å². The van der Waals surface area contributed by atoms with Crippen molar-refractivity contribution in [1.82, 2.24) is 15.0 Å². The molecule has 0 amide bonds. The first-order valence-corrected chi connectivity index (χ1v) is 6.31. The molecular weight excluding hydrogens is 271 g/mol. The number of rotatable bonds is 2. The monoisotopic (exact) mass is 284 g/mol. The van der Waals surface area contributed by atoms with Crippen molar-refractivity contribution in [2.75, 3.05) is 0 Å². The molecular formula is C12H14Cl2N4. The highest BCUT2D eigenvalue weighted by molar-refractivity contribution is 6.35. The Morgan fingerprint density at radius 1 is 1.22 bits per heavy atom. The molecule has 1 heterocycles. The van der Waals surface area contributed by atoms with Gasteiger partial charge in [0, 0.05) is 11.1 Å². The van der Waals surface area contributed by atoms with Gasteiger partial charge in [-0.1, -0.05) is 28.4 Å². The second kappa shape index (κ2) is 4.88. The average molecular weight is 285 g/mol. The van der Waals surface area contributed by atoms with E-state index < -0.39 is 0 Å². The van der Waals surface area contributed by atoms with E-state index in [-0.39, 0.29) is 6.04 Å². The molecule has 0 saturated heterocycles. The van der Waals surface area contributed by atoms with E-state index in [0.717, 1.165) is 17.0 Å². The molecule has 1 aromatic heterocycles. The minimum absolute atomic E-state index is 0.168. The van der Waals surface area contributed by atoms with Gasteiger partial charge in [0.25, 0.3) is 0 Å². The Bertz CT molecular complexity index is 590. The van der Waals surface area contributed by atoms with Gasteiger partial charge in [-0.05, 0) is 38.5 Å². The fourth-order valence-electron chi connectivity index (χ4n) is 1.79. The minimum Gasteiger partial charge on any atom is -0.323 e. The number of benzene rings is 1. The van der Waals surface area contributed by atoms with Crippen LogP contribution in [-0.4, -0.2) is 15.0 Å². The first-order valence-electron chi connectivity index (χ1n) is 5.55. The second-order valence-corrected chi connectivity index (χ2v) is 5.13. The molecule has 0 bridgehead atoms. The van der Waals surface area contributed by atoms with Gasteiger partial charge in [-0.3, -0.25) is 0 Å². The van der Waals surface area contributed by atoms with Gasteiger partial charge in [-0.25, -0.2) is 4.68 Å².